The topological polar surface area (TPSA) is 63.3 Å². The van der Waals surface area contributed by atoms with Gasteiger partial charge in [-0.2, -0.15) is 46.7 Å². The van der Waals surface area contributed by atoms with Crippen molar-refractivity contribution in [3.05, 3.63) is 102 Å². The molecular formula is C52H65IrNO3S-2. The molecule has 0 saturated heterocycles. The largest absolute Gasteiger partial charge is 0.512 e. The quantitative estimate of drug-likeness (QED) is 0.0844. The van der Waals surface area contributed by atoms with Crippen molar-refractivity contribution in [3.63, 3.8) is 0 Å². The summed E-state index contributed by atoms with van der Waals surface area (Å²) in [6.07, 6.45) is 2.30. The van der Waals surface area contributed by atoms with Crippen molar-refractivity contribution in [2.45, 2.75) is 116 Å². The van der Waals surface area contributed by atoms with Gasteiger partial charge in [0.25, 0.3) is 0 Å². The van der Waals surface area contributed by atoms with Crippen LogP contribution in [-0.4, -0.2) is 15.9 Å². The number of carbonyl (C=O) groups is 1. The summed E-state index contributed by atoms with van der Waals surface area (Å²) in [6.45, 7) is 32.3. The van der Waals surface area contributed by atoms with Gasteiger partial charge in [-0.15, -0.1) is 23.1 Å². The predicted molar refractivity (Wildman–Crippen MR) is 244 cm³/mol. The number of benzene rings is 4. The van der Waals surface area contributed by atoms with Gasteiger partial charge in [0.2, 0.25) is 0 Å². The fraction of sp³-hybridized carbons (Fsp3) is 0.462. The Labute approximate surface area is 366 Å². The molecule has 4 nitrogen and oxygen atoms in total. The van der Waals surface area contributed by atoms with Crippen LogP contribution in [0.4, 0.5) is 0 Å². The summed E-state index contributed by atoms with van der Waals surface area (Å²) in [5.74, 6) is 2.43. The molecular weight excluding hydrogens is 911 g/mol. The second-order valence-corrected chi connectivity index (χ2v) is 20.6. The molecule has 0 aliphatic carbocycles. The number of carbonyl (C=O) groups excluding carboxylic acids is 1. The van der Waals surface area contributed by atoms with Crippen molar-refractivity contribution in [3.8, 4) is 21.6 Å². The first kappa shape index (κ1) is 47.1. The minimum Gasteiger partial charge on any atom is -0.512 e. The number of aliphatic hydroxyl groups excluding tert-OH is 1. The average molecular weight is 976 g/mol. The summed E-state index contributed by atoms with van der Waals surface area (Å²) in [6, 6.07) is 28.8. The van der Waals surface area contributed by atoms with Crippen LogP contribution in [0, 0.1) is 60.0 Å². The van der Waals surface area contributed by atoms with Gasteiger partial charge in [0.05, 0.1) is 5.76 Å². The van der Waals surface area contributed by atoms with Crippen LogP contribution in [0.5, 0.6) is 0 Å². The molecule has 6 aromatic rings. The van der Waals surface area contributed by atoms with Crippen LogP contribution < -0.4 is 0 Å². The van der Waals surface area contributed by atoms with E-state index < -0.39 is 0 Å². The zero-order valence-corrected chi connectivity index (χ0v) is 40.7. The molecule has 0 bridgehead atoms. The molecule has 313 valence electrons. The van der Waals surface area contributed by atoms with E-state index in [1.54, 1.807) is 0 Å². The smallest absolute Gasteiger partial charge is 0.195 e. The summed E-state index contributed by atoms with van der Waals surface area (Å²) < 4.78 is 7.43. The Morgan fingerprint density at radius 2 is 1.47 bits per heavy atom. The molecule has 0 atom stereocenters. The number of thiophene rings is 1. The maximum atomic E-state index is 12.3. The van der Waals surface area contributed by atoms with Gasteiger partial charge in [-0.25, -0.2) is 4.98 Å². The summed E-state index contributed by atoms with van der Waals surface area (Å²) in [5, 5.41) is 14.0. The zero-order chi connectivity index (χ0) is 42.1. The molecule has 0 unspecified atom stereocenters. The Morgan fingerprint density at radius 3 is 2.05 bits per heavy atom. The van der Waals surface area contributed by atoms with Gasteiger partial charge in [0, 0.05) is 49.3 Å². The maximum absolute atomic E-state index is 12.3. The molecule has 6 rings (SSSR count). The van der Waals surface area contributed by atoms with E-state index in [2.05, 4.69) is 177 Å². The Hall–Kier alpha value is -3.57. The molecule has 0 fully saturated rings. The first-order valence-corrected chi connectivity index (χ1v) is 21.6. The van der Waals surface area contributed by atoms with Crippen molar-refractivity contribution in [1.29, 1.82) is 0 Å². The normalized spacial score (nSPS) is 12.8. The minimum atomic E-state index is -0.0119. The number of oxazole rings is 1. The number of hydrogen-bond donors (Lipinski definition) is 1. The standard InChI is InChI=1S/C35H33NOS.C17H32O2.Ir/c1-21-25-13-10-14-27(24-17-22-11-8-9-12-26(22)28(18-24)35(5,6)7)33(25)38-32(21)23-15-16-29-30(19-23)37-31(36-29)20-34(2,3)4;1-10(2)16(11(3)4)14(18)9-15(19)17(12(5)6)13(7)8;/h8-13,15-16,18-19H,20H2,1-7H3;9-13,16-18H,1-8H3;/q-2;;/b;14-9-;. The number of rotatable bonds is 10. The molecule has 0 aliphatic rings. The second kappa shape index (κ2) is 18.8. The monoisotopic (exact) mass is 976 g/mol. The molecule has 6 heteroatoms. The zero-order valence-electron chi connectivity index (χ0n) is 37.5. The minimum absolute atomic E-state index is 0. The van der Waals surface area contributed by atoms with Crippen molar-refractivity contribution in [1.82, 2.24) is 4.98 Å². The molecule has 0 saturated carbocycles. The van der Waals surface area contributed by atoms with Gasteiger partial charge < -0.3 is 9.52 Å². The third-order valence-corrected chi connectivity index (χ3v) is 12.3. The van der Waals surface area contributed by atoms with Gasteiger partial charge >= 0.3 is 0 Å². The molecule has 1 N–H and O–H groups in total. The van der Waals surface area contributed by atoms with Crippen LogP contribution >= 0.6 is 11.3 Å². The summed E-state index contributed by atoms with van der Waals surface area (Å²) in [7, 11) is 0. The van der Waals surface area contributed by atoms with Crippen LogP contribution in [0.3, 0.4) is 0 Å². The number of fused-ring (bicyclic) bond motifs is 3. The van der Waals surface area contributed by atoms with Crippen LogP contribution in [0.25, 0.3) is 53.5 Å². The van der Waals surface area contributed by atoms with Gasteiger partial charge in [0.1, 0.15) is 5.52 Å². The second-order valence-electron chi connectivity index (χ2n) is 19.6. The van der Waals surface area contributed by atoms with Crippen molar-refractivity contribution in [2.75, 3.05) is 0 Å². The molecule has 4 aromatic carbocycles. The van der Waals surface area contributed by atoms with E-state index in [9.17, 15) is 9.90 Å². The molecule has 1 radical (unpaired) electrons. The molecule has 0 spiro atoms. The number of aromatic nitrogens is 1. The van der Waals surface area contributed by atoms with Crippen molar-refractivity contribution in [2.24, 2.45) is 40.9 Å². The third kappa shape index (κ3) is 10.8. The maximum Gasteiger partial charge on any atom is 0.195 e. The van der Waals surface area contributed by atoms with Crippen LogP contribution in [0.1, 0.15) is 114 Å². The first-order chi connectivity index (χ1) is 26.6. The van der Waals surface area contributed by atoms with Crippen LogP contribution in [-0.2, 0) is 36.7 Å². The molecule has 2 heterocycles. The fourth-order valence-corrected chi connectivity index (χ4v) is 9.82. The molecule has 0 amide bonds. The third-order valence-electron chi connectivity index (χ3n) is 11.0. The average Bonchev–Trinajstić information content (AvgIpc) is 3.65. The number of allylic oxidation sites excluding steroid dienone is 2. The van der Waals surface area contributed by atoms with Gasteiger partial charge in [-0.1, -0.05) is 137 Å². The Kier molecular flexibility index (Phi) is 15.3. The van der Waals surface area contributed by atoms with Crippen LogP contribution in [0.2, 0.25) is 0 Å². The van der Waals surface area contributed by atoms with E-state index in [1.807, 2.05) is 11.3 Å². The number of hydrogen-bond acceptors (Lipinski definition) is 5. The van der Waals surface area contributed by atoms with Crippen molar-refractivity contribution < 1.29 is 34.4 Å². The predicted octanol–water partition coefficient (Wildman–Crippen LogP) is 15.2. The van der Waals surface area contributed by atoms with Gasteiger partial charge in [-0.3, -0.25) is 4.79 Å². The summed E-state index contributed by atoms with van der Waals surface area (Å²) >= 11 is 1.83. The molecule has 2 aromatic heterocycles. The van der Waals surface area contributed by atoms with Gasteiger partial charge in [-0.05, 0) is 64.7 Å². The molecule has 58 heavy (non-hydrogen) atoms. The number of ketones is 1. The Morgan fingerprint density at radius 1 is 0.845 bits per heavy atom. The van der Waals surface area contributed by atoms with E-state index >= 15 is 0 Å². The fourth-order valence-electron chi connectivity index (χ4n) is 8.51. The SMILES string of the molecule is CC(C)C(C(=O)/C=C(\O)C(C(C)C)C(C)C)C(C)C.Cc1c(-c2ccc3nc(CC(C)(C)C)oc3c2)sc2c(-c3[c-]c4ccccc4c(C(C)(C)C)c3)[c-]ccc12.[Ir]. The van der Waals surface area contributed by atoms with Gasteiger partial charge in [0.15, 0.2) is 17.3 Å². The van der Waals surface area contributed by atoms with E-state index in [4.69, 9.17) is 9.40 Å². The number of aliphatic hydroxyl groups is 1. The van der Waals surface area contributed by atoms with Crippen LogP contribution in [0.15, 0.2) is 76.9 Å². The Balaban J connectivity index is 0.000000319. The number of aryl methyl sites for hydroxylation is 1. The number of nitrogens with zero attached hydrogens (tertiary/aromatic N) is 1. The Bertz CT molecular complexity index is 2360. The summed E-state index contributed by atoms with van der Waals surface area (Å²) in [4.78, 5) is 18.3. The van der Waals surface area contributed by atoms with E-state index in [-0.39, 0.29) is 54.3 Å². The molecule has 0 aliphatic heterocycles. The van der Waals surface area contributed by atoms with E-state index in [0.717, 1.165) is 39.9 Å². The van der Waals surface area contributed by atoms with E-state index in [0.29, 0.717) is 23.7 Å². The van der Waals surface area contributed by atoms with E-state index in [1.165, 1.54) is 43.1 Å². The summed E-state index contributed by atoms with van der Waals surface area (Å²) in [5.41, 5.74) is 7.92. The van der Waals surface area contributed by atoms with Crippen molar-refractivity contribution >= 4 is 49.1 Å². The first-order valence-electron chi connectivity index (χ1n) is 20.8.